The number of ether oxygens (including phenoxy) is 1. The topological polar surface area (TPSA) is 55.4 Å². The molecule has 0 unspecified atom stereocenters. The largest absolute Gasteiger partial charge is 0.444 e. The minimum Gasteiger partial charge on any atom is -0.444 e. The first-order valence-electron chi connectivity index (χ1n) is 5.86. The Balaban J connectivity index is 2.61. The van der Waals surface area contributed by atoms with Crippen molar-refractivity contribution < 1.29 is 14.3 Å². The molecule has 98 valence electrons. The highest BCUT2D eigenvalue weighted by atomic mass is 16.6. The number of hydrogen-bond acceptors (Lipinski definition) is 3. The third-order valence-corrected chi connectivity index (χ3v) is 2.31. The molecule has 0 aliphatic heterocycles. The fourth-order valence-corrected chi connectivity index (χ4v) is 1.43. The van der Waals surface area contributed by atoms with E-state index in [-0.39, 0.29) is 6.04 Å². The van der Waals surface area contributed by atoms with Crippen LogP contribution in [0.3, 0.4) is 0 Å². The molecule has 1 amide bonds. The van der Waals surface area contributed by atoms with Crippen molar-refractivity contribution >= 4 is 12.4 Å². The molecular formula is C14H19NO3. The Morgan fingerprint density at radius 3 is 2.28 bits per heavy atom. The van der Waals surface area contributed by atoms with Crippen LogP contribution in [-0.4, -0.2) is 18.0 Å². The first kappa shape index (κ1) is 14.2. The molecular weight excluding hydrogens is 230 g/mol. The molecule has 0 saturated carbocycles. The van der Waals surface area contributed by atoms with Crippen molar-refractivity contribution in [2.75, 3.05) is 0 Å². The lowest BCUT2D eigenvalue weighted by atomic mass is 10.1. The van der Waals surface area contributed by atoms with Crippen LogP contribution in [0.25, 0.3) is 0 Å². The molecule has 1 atom stereocenters. The summed E-state index contributed by atoms with van der Waals surface area (Å²) in [6.07, 6.45) is 0.338. The zero-order valence-electron chi connectivity index (χ0n) is 11.2. The van der Waals surface area contributed by atoms with E-state index in [1.54, 1.807) is 12.1 Å². The van der Waals surface area contributed by atoms with E-state index in [1.165, 1.54) is 0 Å². The van der Waals surface area contributed by atoms with E-state index in [0.29, 0.717) is 5.56 Å². The van der Waals surface area contributed by atoms with Gasteiger partial charge in [0.05, 0.1) is 6.04 Å². The van der Waals surface area contributed by atoms with Gasteiger partial charge < -0.3 is 10.1 Å². The van der Waals surface area contributed by atoms with Gasteiger partial charge in [-0.25, -0.2) is 4.79 Å². The van der Waals surface area contributed by atoms with Gasteiger partial charge in [-0.2, -0.15) is 0 Å². The first-order chi connectivity index (χ1) is 8.31. The van der Waals surface area contributed by atoms with Crippen molar-refractivity contribution in [2.45, 2.75) is 39.3 Å². The van der Waals surface area contributed by atoms with Gasteiger partial charge in [0.1, 0.15) is 11.9 Å². The minimum atomic E-state index is -0.509. The highest BCUT2D eigenvalue weighted by Gasteiger charge is 2.18. The molecule has 0 spiro atoms. The fourth-order valence-electron chi connectivity index (χ4n) is 1.43. The number of aldehydes is 1. The smallest absolute Gasteiger partial charge is 0.408 e. The third-order valence-electron chi connectivity index (χ3n) is 2.31. The lowest BCUT2D eigenvalue weighted by Crippen LogP contribution is -2.34. The zero-order chi connectivity index (χ0) is 13.8. The molecule has 0 heterocycles. The molecule has 1 rings (SSSR count). The summed E-state index contributed by atoms with van der Waals surface area (Å²) in [5.41, 5.74) is 1.03. The lowest BCUT2D eigenvalue weighted by Gasteiger charge is -2.22. The molecule has 0 radical (unpaired) electrons. The highest BCUT2D eigenvalue weighted by molar-refractivity contribution is 5.74. The summed E-state index contributed by atoms with van der Waals surface area (Å²) in [6, 6.07) is 6.89. The van der Waals surface area contributed by atoms with Gasteiger partial charge in [0.2, 0.25) is 0 Å². The number of rotatable bonds is 3. The Morgan fingerprint density at radius 2 is 1.83 bits per heavy atom. The van der Waals surface area contributed by atoms with Crippen molar-refractivity contribution in [2.24, 2.45) is 0 Å². The summed E-state index contributed by atoms with van der Waals surface area (Å²) < 4.78 is 5.17. The Morgan fingerprint density at radius 1 is 1.28 bits per heavy atom. The second kappa shape index (κ2) is 5.67. The Bertz CT molecular complexity index is 418. The first-order valence-corrected chi connectivity index (χ1v) is 5.86. The van der Waals surface area contributed by atoms with Crippen LogP contribution < -0.4 is 5.32 Å². The molecule has 0 bridgehead atoms. The van der Waals surface area contributed by atoms with Crippen LogP contribution in [-0.2, 0) is 4.74 Å². The van der Waals surface area contributed by atoms with Crippen LogP contribution in [0.2, 0.25) is 0 Å². The number of alkyl carbamates (subject to hydrolysis) is 1. The quantitative estimate of drug-likeness (QED) is 0.837. The maximum atomic E-state index is 11.6. The predicted molar refractivity (Wildman–Crippen MR) is 69.6 cm³/mol. The zero-order valence-corrected chi connectivity index (χ0v) is 11.2. The van der Waals surface area contributed by atoms with Crippen molar-refractivity contribution in [3.63, 3.8) is 0 Å². The van der Waals surface area contributed by atoms with Gasteiger partial charge >= 0.3 is 6.09 Å². The Hall–Kier alpha value is -1.84. The molecule has 1 aromatic carbocycles. The van der Waals surface area contributed by atoms with Crippen LogP contribution in [0.15, 0.2) is 24.3 Å². The Kier molecular flexibility index (Phi) is 4.48. The van der Waals surface area contributed by atoms with Gasteiger partial charge in [-0.1, -0.05) is 24.3 Å². The number of carbonyl (C=O) groups is 2. The second-order valence-electron chi connectivity index (χ2n) is 5.15. The molecule has 4 heteroatoms. The SMILES string of the molecule is C[C@@H](NC(=O)OC(C)(C)C)c1ccc(C=O)cc1. The van der Waals surface area contributed by atoms with Gasteiger partial charge in [-0.05, 0) is 33.3 Å². The molecule has 1 aromatic rings. The third kappa shape index (κ3) is 4.57. The van der Waals surface area contributed by atoms with E-state index < -0.39 is 11.7 Å². The van der Waals surface area contributed by atoms with E-state index in [1.807, 2.05) is 39.8 Å². The standard InChI is InChI=1S/C14H19NO3/c1-10(15-13(17)18-14(2,3)4)12-7-5-11(9-16)6-8-12/h5-10H,1-4H3,(H,15,17)/t10-/m1/s1. The minimum absolute atomic E-state index is 0.166. The van der Waals surface area contributed by atoms with Crippen LogP contribution >= 0.6 is 0 Å². The summed E-state index contributed by atoms with van der Waals surface area (Å²) in [5, 5.41) is 2.74. The Labute approximate surface area is 107 Å². The van der Waals surface area contributed by atoms with E-state index in [9.17, 15) is 9.59 Å². The summed E-state index contributed by atoms with van der Waals surface area (Å²) in [7, 11) is 0. The van der Waals surface area contributed by atoms with Crippen molar-refractivity contribution in [3.8, 4) is 0 Å². The van der Waals surface area contributed by atoms with Crippen LogP contribution in [0.4, 0.5) is 4.79 Å². The molecule has 0 fully saturated rings. The molecule has 0 aliphatic rings. The fraction of sp³-hybridized carbons (Fsp3) is 0.429. The van der Waals surface area contributed by atoms with Crippen LogP contribution in [0.5, 0.6) is 0 Å². The number of benzene rings is 1. The maximum Gasteiger partial charge on any atom is 0.408 e. The lowest BCUT2D eigenvalue weighted by molar-refractivity contribution is 0.0508. The summed E-state index contributed by atoms with van der Waals surface area (Å²) in [4.78, 5) is 22.1. The van der Waals surface area contributed by atoms with E-state index in [4.69, 9.17) is 4.74 Å². The van der Waals surface area contributed by atoms with Gasteiger partial charge in [-0.3, -0.25) is 4.79 Å². The van der Waals surface area contributed by atoms with Gasteiger partial charge in [0.15, 0.2) is 0 Å². The van der Waals surface area contributed by atoms with Crippen LogP contribution in [0, 0.1) is 0 Å². The molecule has 1 N–H and O–H groups in total. The number of carbonyl (C=O) groups excluding carboxylic acids is 2. The molecule has 18 heavy (non-hydrogen) atoms. The number of amides is 1. The summed E-state index contributed by atoms with van der Waals surface area (Å²) >= 11 is 0. The van der Waals surface area contributed by atoms with E-state index >= 15 is 0 Å². The van der Waals surface area contributed by atoms with Crippen molar-refractivity contribution in [1.29, 1.82) is 0 Å². The van der Waals surface area contributed by atoms with Crippen molar-refractivity contribution in [1.82, 2.24) is 5.32 Å². The average molecular weight is 249 g/mol. The maximum absolute atomic E-state index is 11.6. The van der Waals surface area contributed by atoms with Gasteiger partial charge in [-0.15, -0.1) is 0 Å². The summed E-state index contributed by atoms with van der Waals surface area (Å²) in [5.74, 6) is 0. The summed E-state index contributed by atoms with van der Waals surface area (Å²) in [6.45, 7) is 7.31. The van der Waals surface area contributed by atoms with Gasteiger partial charge in [0, 0.05) is 5.56 Å². The normalized spacial score (nSPS) is 12.7. The van der Waals surface area contributed by atoms with Gasteiger partial charge in [0.25, 0.3) is 0 Å². The highest BCUT2D eigenvalue weighted by Crippen LogP contribution is 2.14. The number of hydrogen-bond donors (Lipinski definition) is 1. The van der Waals surface area contributed by atoms with E-state index in [0.717, 1.165) is 11.8 Å². The number of nitrogens with one attached hydrogen (secondary N) is 1. The van der Waals surface area contributed by atoms with E-state index in [2.05, 4.69) is 5.32 Å². The average Bonchev–Trinajstić information content (AvgIpc) is 2.26. The monoisotopic (exact) mass is 249 g/mol. The predicted octanol–water partition coefficient (Wildman–Crippen LogP) is 3.08. The molecule has 4 nitrogen and oxygen atoms in total. The van der Waals surface area contributed by atoms with Crippen molar-refractivity contribution in [3.05, 3.63) is 35.4 Å². The molecule has 0 aromatic heterocycles. The second-order valence-corrected chi connectivity index (χ2v) is 5.15. The van der Waals surface area contributed by atoms with Crippen LogP contribution in [0.1, 0.15) is 49.7 Å². The molecule has 0 aliphatic carbocycles. The molecule has 0 saturated heterocycles.